The first-order valence-corrected chi connectivity index (χ1v) is 5.20. The van der Waals surface area contributed by atoms with E-state index in [1.807, 2.05) is 18.2 Å². The van der Waals surface area contributed by atoms with E-state index in [4.69, 9.17) is 22.4 Å². The smallest absolute Gasteiger partial charge is 0.320 e. The van der Waals surface area contributed by atoms with Crippen LogP contribution in [0.4, 0.5) is 0 Å². The Bertz CT molecular complexity index is 536. The van der Waals surface area contributed by atoms with Gasteiger partial charge < -0.3 is 15.8 Å². The molecule has 0 saturated heterocycles. The van der Waals surface area contributed by atoms with Gasteiger partial charge in [-0.1, -0.05) is 29.8 Å². The highest BCUT2D eigenvalue weighted by molar-refractivity contribution is 6.35. The molecular weight excluding hydrogens is 228 g/mol. The second-order valence-corrected chi connectivity index (χ2v) is 4.03. The van der Waals surface area contributed by atoms with Gasteiger partial charge in [0, 0.05) is 18.0 Å². The molecule has 4 N–H and O–H groups in total. The second kappa shape index (κ2) is 4.15. The lowest BCUT2D eigenvalue weighted by Crippen LogP contribution is -2.32. The molecule has 0 radical (unpaired) electrons. The summed E-state index contributed by atoms with van der Waals surface area (Å²) in [7, 11) is 0. The molecule has 1 heterocycles. The molecule has 2 aromatic rings. The van der Waals surface area contributed by atoms with E-state index < -0.39 is 12.0 Å². The molecule has 4 nitrogen and oxygen atoms in total. The van der Waals surface area contributed by atoms with Crippen molar-refractivity contribution in [1.82, 2.24) is 4.98 Å². The summed E-state index contributed by atoms with van der Waals surface area (Å²) >= 11 is 5.96. The Balaban J connectivity index is 2.41. The fourth-order valence-corrected chi connectivity index (χ4v) is 1.89. The van der Waals surface area contributed by atoms with E-state index in [0.717, 1.165) is 16.5 Å². The first kappa shape index (κ1) is 11.0. The first-order chi connectivity index (χ1) is 7.59. The standard InChI is InChI=1S/C11H11ClN2O2/c12-8-5-14-10-6(2-1-3-7(8)10)4-9(13)11(15)16/h1-3,5,9,14H,4,13H2,(H,15,16). The van der Waals surface area contributed by atoms with Crippen molar-refractivity contribution >= 4 is 28.5 Å². The average Bonchev–Trinajstić information content (AvgIpc) is 2.62. The number of nitrogens with one attached hydrogen (secondary N) is 1. The van der Waals surface area contributed by atoms with E-state index in [1.165, 1.54) is 0 Å². The third kappa shape index (κ3) is 1.89. The van der Waals surface area contributed by atoms with Gasteiger partial charge in [0.15, 0.2) is 0 Å². The van der Waals surface area contributed by atoms with Crippen molar-refractivity contribution in [3.63, 3.8) is 0 Å². The largest absolute Gasteiger partial charge is 0.480 e. The van der Waals surface area contributed by atoms with Crippen LogP contribution in [-0.4, -0.2) is 22.1 Å². The molecule has 1 unspecified atom stereocenters. The number of rotatable bonds is 3. The van der Waals surface area contributed by atoms with E-state index in [0.29, 0.717) is 5.02 Å². The molecule has 1 aromatic heterocycles. The summed E-state index contributed by atoms with van der Waals surface area (Å²) in [6.07, 6.45) is 1.96. The predicted molar refractivity (Wildman–Crippen MR) is 62.6 cm³/mol. The molecule has 0 aliphatic rings. The minimum absolute atomic E-state index is 0.281. The zero-order valence-corrected chi connectivity index (χ0v) is 9.16. The summed E-state index contributed by atoms with van der Waals surface area (Å²) < 4.78 is 0. The molecule has 0 saturated carbocycles. The number of hydrogen-bond acceptors (Lipinski definition) is 2. The number of nitrogens with two attached hydrogens (primary N) is 1. The number of aliphatic carboxylic acids is 1. The monoisotopic (exact) mass is 238 g/mol. The molecule has 1 atom stereocenters. The van der Waals surface area contributed by atoms with Crippen LogP contribution in [0.3, 0.4) is 0 Å². The van der Waals surface area contributed by atoms with Crippen molar-refractivity contribution in [3.05, 3.63) is 35.0 Å². The Kier molecular flexibility index (Phi) is 2.85. The van der Waals surface area contributed by atoms with Gasteiger partial charge in [0.1, 0.15) is 6.04 Å². The number of carboxylic acid groups (broad SMARTS) is 1. The van der Waals surface area contributed by atoms with Gasteiger partial charge >= 0.3 is 5.97 Å². The van der Waals surface area contributed by atoms with E-state index in [1.54, 1.807) is 6.20 Å². The Morgan fingerprint density at radius 3 is 3.00 bits per heavy atom. The number of fused-ring (bicyclic) bond motifs is 1. The lowest BCUT2D eigenvalue weighted by molar-refractivity contribution is -0.138. The molecule has 84 valence electrons. The average molecular weight is 239 g/mol. The Labute approximate surface area is 97.0 Å². The number of aromatic nitrogens is 1. The third-order valence-electron chi connectivity index (χ3n) is 2.51. The Morgan fingerprint density at radius 2 is 2.31 bits per heavy atom. The number of para-hydroxylation sites is 1. The highest BCUT2D eigenvalue weighted by atomic mass is 35.5. The molecule has 0 bridgehead atoms. The molecular formula is C11H11ClN2O2. The predicted octanol–water partition coefficient (Wildman–Crippen LogP) is 1.78. The molecule has 1 aromatic carbocycles. The Hall–Kier alpha value is -1.52. The van der Waals surface area contributed by atoms with Crippen LogP contribution in [0.5, 0.6) is 0 Å². The van der Waals surface area contributed by atoms with Crippen LogP contribution < -0.4 is 5.73 Å². The summed E-state index contributed by atoms with van der Waals surface area (Å²) in [5.74, 6) is -1.00. The molecule has 0 aliphatic carbocycles. The van der Waals surface area contributed by atoms with Gasteiger partial charge in [-0.2, -0.15) is 0 Å². The van der Waals surface area contributed by atoms with Crippen LogP contribution in [0.1, 0.15) is 5.56 Å². The maximum Gasteiger partial charge on any atom is 0.320 e. The number of benzene rings is 1. The van der Waals surface area contributed by atoms with Gasteiger partial charge in [0.05, 0.1) is 10.5 Å². The molecule has 0 spiro atoms. The van der Waals surface area contributed by atoms with Crippen LogP contribution in [0.25, 0.3) is 10.9 Å². The molecule has 16 heavy (non-hydrogen) atoms. The van der Waals surface area contributed by atoms with Crippen molar-refractivity contribution in [3.8, 4) is 0 Å². The van der Waals surface area contributed by atoms with Crippen LogP contribution in [0.15, 0.2) is 24.4 Å². The SMILES string of the molecule is NC(Cc1cccc2c(Cl)c[nH]c12)C(=O)O. The minimum atomic E-state index is -1.00. The molecule has 0 aliphatic heterocycles. The van der Waals surface area contributed by atoms with Gasteiger partial charge in [-0.25, -0.2) is 0 Å². The number of H-pyrrole nitrogens is 1. The van der Waals surface area contributed by atoms with Crippen LogP contribution in [0, 0.1) is 0 Å². The highest BCUT2D eigenvalue weighted by Gasteiger charge is 2.14. The van der Waals surface area contributed by atoms with Crippen molar-refractivity contribution in [2.75, 3.05) is 0 Å². The van der Waals surface area contributed by atoms with Gasteiger partial charge in [-0.15, -0.1) is 0 Å². The van der Waals surface area contributed by atoms with Crippen molar-refractivity contribution in [2.45, 2.75) is 12.5 Å². The van der Waals surface area contributed by atoms with Crippen LogP contribution in [-0.2, 0) is 11.2 Å². The number of hydrogen-bond donors (Lipinski definition) is 3. The summed E-state index contributed by atoms with van der Waals surface area (Å²) in [5, 5.41) is 10.3. The number of carboxylic acids is 1. The zero-order chi connectivity index (χ0) is 11.7. The van der Waals surface area contributed by atoms with E-state index in [2.05, 4.69) is 4.98 Å². The van der Waals surface area contributed by atoms with Gasteiger partial charge in [-0.3, -0.25) is 4.79 Å². The van der Waals surface area contributed by atoms with Gasteiger partial charge in [0.25, 0.3) is 0 Å². The number of aromatic amines is 1. The topological polar surface area (TPSA) is 79.1 Å². The van der Waals surface area contributed by atoms with Crippen molar-refractivity contribution < 1.29 is 9.90 Å². The molecule has 0 fully saturated rings. The highest BCUT2D eigenvalue weighted by Crippen LogP contribution is 2.25. The summed E-state index contributed by atoms with van der Waals surface area (Å²) in [6, 6.07) is 4.67. The second-order valence-electron chi connectivity index (χ2n) is 3.63. The fourth-order valence-electron chi connectivity index (χ4n) is 1.68. The molecule has 0 amide bonds. The van der Waals surface area contributed by atoms with Crippen molar-refractivity contribution in [2.24, 2.45) is 5.73 Å². The summed E-state index contributed by atoms with van der Waals surface area (Å²) in [4.78, 5) is 13.7. The van der Waals surface area contributed by atoms with E-state index in [9.17, 15) is 4.79 Å². The lowest BCUT2D eigenvalue weighted by Gasteiger charge is -2.07. The maximum atomic E-state index is 10.7. The van der Waals surface area contributed by atoms with Crippen molar-refractivity contribution in [1.29, 1.82) is 0 Å². The summed E-state index contributed by atoms with van der Waals surface area (Å²) in [6.45, 7) is 0. The molecule has 2 rings (SSSR count). The zero-order valence-electron chi connectivity index (χ0n) is 8.40. The van der Waals surface area contributed by atoms with E-state index >= 15 is 0 Å². The van der Waals surface area contributed by atoms with E-state index in [-0.39, 0.29) is 6.42 Å². The quantitative estimate of drug-likeness (QED) is 0.763. The number of carbonyl (C=O) groups is 1. The third-order valence-corrected chi connectivity index (χ3v) is 2.82. The number of halogens is 1. The van der Waals surface area contributed by atoms with Crippen LogP contribution >= 0.6 is 11.6 Å². The first-order valence-electron chi connectivity index (χ1n) is 4.82. The maximum absolute atomic E-state index is 10.7. The lowest BCUT2D eigenvalue weighted by atomic mass is 10.0. The minimum Gasteiger partial charge on any atom is -0.480 e. The Morgan fingerprint density at radius 1 is 1.56 bits per heavy atom. The normalized spacial score (nSPS) is 12.9. The molecule has 5 heteroatoms. The summed E-state index contributed by atoms with van der Waals surface area (Å²) in [5.41, 5.74) is 7.21. The fraction of sp³-hybridized carbons (Fsp3) is 0.182. The van der Waals surface area contributed by atoms with Gasteiger partial charge in [0.2, 0.25) is 0 Å². The van der Waals surface area contributed by atoms with Crippen LogP contribution in [0.2, 0.25) is 5.02 Å². The van der Waals surface area contributed by atoms with Gasteiger partial charge in [-0.05, 0) is 5.56 Å².